The fourth-order valence-electron chi connectivity index (χ4n) is 4.54. The minimum Gasteiger partial charge on any atom is -0.264 e. The van der Waals surface area contributed by atoms with E-state index in [2.05, 4.69) is 23.8 Å². The highest BCUT2D eigenvalue weighted by Gasteiger charge is 2.16. The Bertz CT molecular complexity index is 4420. The molecule has 0 aliphatic heterocycles. The van der Waals surface area contributed by atoms with Crippen molar-refractivity contribution in [2.75, 3.05) is 0 Å². The zero-order valence-corrected chi connectivity index (χ0v) is 71.9. The Balaban J connectivity index is 0.000000458. The molecule has 0 saturated carbocycles. The fourth-order valence-corrected chi connectivity index (χ4v) is 106. The first-order valence-corrected chi connectivity index (χ1v) is 72.8. The Morgan fingerprint density at radius 3 is 1.09 bits per heavy atom. The summed E-state index contributed by atoms with van der Waals surface area (Å²) in [6.45, 7) is 4.19. The molecule has 0 saturated heterocycles. The molecule has 47 heteroatoms. The number of nitrogens with zero attached hydrogens (tertiary/aromatic N) is 2. The summed E-state index contributed by atoms with van der Waals surface area (Å²) >= 11 is 9.61. The van der Waals surface area contributed by atoms with E-state index < -0.39 is 23.3 Å². The van der Waals surface area contributed by atoms with Gasteiger partial charge in [-0.05, 0) is 71.5 Å². The molecule has 0 aliphatic carbocycles. The van der Waals surface area contributed by atoms with E-state index in [1.54, 1.807) is 143 Å². The van der Waals surface area contributed by atoms with Gasteiger partial charge in [-0.2, -0.15) is 0 Å². The summed E-state index contributed by atoms with van der Waals surface area (Å²) in [7, 11) is 69.2. The van der Waals surface area contributed by atoms with Gasteiger partial charge < -0.3 is 0 Å². The number of rotatable bonds is 9. The molecule has 0 bridgehead atoms. The number of allylic oxidation sites excluding steroid dienone is 1. The second kappa shape index (κ2) is 60.8. The van der Waals surface area contributed by atoms with Crippen molar-refractivity contribution in [1.29, 1.82) is 0 Å². The van der Waals surface area contributed by atoms with E-state index in [1.807, 2.05) is 252 Å². The Labute approximate surface area is 578 Å². The molecule has 0 radical (unpaired) electrons. The molecule has 79 heavy (non-hydrogen) atoms. The van der Waals surface area contributed by atoms with E-state index in [0.29, 0.717) is 5.56 Å². The van der Waals surface area contributed by atoms with Crippen molar-refractivity contribution in [1.82, 2.24) is 9.97 Å². The van der Waals surface area contributed by atoms with Crippen LogP contribution >= 0.6 is 0 Å². The second-order valence-corrected chi connectivity index (χ2v) is 80.6. The molecule has 0 aliphatic rings. The second-order valence-electron chi connectivity index (χ2n) is 11.6. The standard InChI is InChI=1S/C16H17F2N.C16H15F2N.S41/c2*1-2-3-6-14(13-5-4-9-19-11-13)12-7-8-15(17)16(18)10-12;1-3-5-7-9-11-13-15-17-19-21-23-25-27-29-31-33-35-37-39-41-40-38-36-34-32-30-28-26-24-22-20-18-16-14-12-10-8-6-4-2/h4-5,7-11,14H,2-3,6H2,1H3;4-11H,2-3H2,1H3;. The van der Waals surface area contributed by atoms with Crippen LogP contribution in [0, 0.1) is 23.3 Å². The molecule has 0 fully saturated rings. The normalized spacial score (nSPS) is 9.77. The molecule has 1 unspecified atom stereocenters. The number of aromatic nitrogens is 2. The van der Waals surface area contributed by atoms with Gasteiger partial charge in [-0.1, -0.05) is 63.5 Å². The van der Waals surface area contributed by atoms with Crippen LogP contribution in [0.15, 0.2) is 91.5 Å². The molecule has 2 nitrogen and oxygen atoms in total. The van der Waals surface area contributed by atoms with Crippen molar-refractivity contribution in [3.63, 3.8) is 0 Å². The first kappa shape index (κ1) is 80.3. The van der Waals surface area contributed by atoms with Gasteiger partial charge in [-0.3, -0.25) is 9.97 Å². The summed E-state index contributed by atoms with van der Waals surface area (Å²) < 4.78 is 52.8. The van der Waals surface area contributed by atoms with Crippen molar-refractivity contribution >= 4 is 374 Å². The van der Waals surface area contributed by atoms with Crippen LogP contribution in [-0.4, -0.2) is 9.97 Å². The summed E-state index contributed by atoms with van der Waals surface area (Å²) in [6, 6.07) is 15.7. The minimum absolute atomic E-state index is 0.0729. The summed E-state index contributed by atoms with van der Waals surface area (Å²) in [5, 5.41) is 0. The third kappa shape index (κ3) is 46.0. The molecule has 2 aromatic carbocycles. The zero-order chi connectivity index (χ0) is 56.9. The topological polar surface area (TPSA) is 25.8 Å². The highest BCUT2D eigenvalue weighted by molar-refractivity contribution is 8.81. The van der Waals surface area contributed by atoms with Crippen LogP contribution in [0.2, 0.25) is 0 Å². The average Bonchev–Trinajstić information content (AvgIpc) is 3.49. The third-order valence-corrected chi connectivity index (χ3v) is 91.6. The first-order chi connectivity index (χ1) is 38.9. The Hall–Kier alpha value is 5.22. The predicted octanol–water partition coefficient (Wildman–Crippen LogP) is 9.18. The van der Waals surface area contributed by atoms with Crippen molar-refractivity contribution in [2.24, 2.45) is 0 Å². The zero-order valence-electron chi connectivity index (χ0n) is 38.4. The molecular formula is C32H32F4N2S41. The number of benzene rings is 2. The van der Waals surface area contributed by atoms with E-state index in [9.17, 15) is 17.6 Å². The molecular weight excluding hydrogens is 1800 g/mol. The van der Waals surface area contributed by atoms with E-state index in [0.717, 1.165) is 60.4 Å². The smallest absolute Gasteiger partial charge is 0.159 e. The molecule has 0 N–H and O–H groups in total. The third-order valence-electron chi connectivity index (χ3n) is 7.18. The average molecular weight is 1840 g/mol. The van der Waals surface area contributed by atoms with Gasteiger partial charge >= 0.3 is 0 Å². The Kier molecular flexibility index (Phi) is 61.8. The van der Waals surface area contributed by atoms with Crippen LogP contribution < -0.4 is 0 Å². The van der Waals surface area contributed by atoms with Crippen LogP contribution in [0.4, 0.5) is 17.6 Å². The fraction of sp³-hybridized carbons (Fsp3) is 0.250. The maximum Gasteiger partial charge on any atom is 0.159 e. The van der Waals surface area contributed by atoms with Gasteiger partial charge in [0.15, 0.2) is 23.3 Å². The lowest BCUT2D eigenvalue weighted by Crippen LogP contribution is -2.03. The predicted molar refractivity (Wildman–Crippen MR) is 447 cm³/mol. The largest absolute Gasteiger partial charge is 0.264 e. The first-order valence-electron chi connectivity index (χ1n) is 19.5. The number of pyridine rings is 2. The van der Waals surface area contributed by atoms with Gasteiger partial charge in [0.1, 0.15) is 0 Å². The van der Waals surface area contributed by atoms with Crippen LogP contribution in [0.25, 0.3) is 5.57 Å². The maximum absolute atomic E-state index is 13.4. The molecule has 4 rings (SSSR count). The van der Waals surface area contributed by atoms with Crippen molar-refractivity contribution < 1.29 is 17.6 Å². The SMILES string of the molecule is CCCC=C(c1cccnc1)c1ccc(F)c(F)c1.CCCCC(c1cccnc1)c1ccc(F)c(F)c1.S=S=S=S=S=S=S=S=S=S=S=S=S=S=S=S=S=S=S=S=S=S=S=S=S=S=S=S=S=S=S=S=S=S=S=S=S=S=S=S=S. The van der Waals surface area contributed by atoms with Crippen molar-refractivity contribution in [3.8, 4) is 0 Å². The highest BCUT2D eigenvalue weighted by atomic mass is 33.5. The van der Waals surface area contributed by atoms with Gasteiger partial charge in [0.25, 0.3) is 0 Å². The van der Waals surface area contributed by atoms with E-state index in [1.165, 1.54) is 36.0 Å². The van der Waals surface area contributed by atoms with Gasteiger partial charge in [0, 0.05) is 405 Å². The van der Waals surface area contributed by atoms with Gasteiger partial charge in [0.2, 0.25) is 0 Å². The quantitative estimate of drug-likeness (QED) is 0.156. The van der Waals surface area contributed by atoms with Gasteiger partial charge in [-0.25, -0.2) is 17.6 Å². The van der Waals surface area contributed by atoms with E-state index >= 15 is 0 Å². The Morgan fingerprint density at radius 2 is 0.772 bits per heavy atom. The molecule has 0 amide bonds. The maximum atomic E-state index is 13.4. The van der Waals surface area contributed by atoms with E-state index in [-0.39, 0.29) is 5.92 Å². The molecule has 2 aromatic heterocycles. The van der Waals surface area contributed by atoms with Crippen LogP contribution in [0.1, 0.15) is 74.1 Å². The minimum atomic E-state index is -0.830. The molecule has 444 valence electrons. The summed E-state index contributed by atoms with van der Waals surface area (Å²) in [5.41, 5.74) is 4.30. The Morgan fingerprint density at radius 1 is 0.405 bits per heavy atom. The molecule has 0 spiro atoms. The van der Waals surface area contributed by atoms with Gasteiger partial charge in [-0.15, -0.1) is 0 Å². The number of halogens is 4. The van der Waals surface area contributed by atoms with E-state index in [4.69, 9.17) is 22.4 Å². The monoisotopic (exact) mass is 1830 g/mol. The lowest BCUT2D eigenvalue weighted by Gasteiger charge is -2.17. The molecule has 2 heterocycles. The summed E-state index contributed by atoms with van der Waals surface area (Å²) in [6.07, 6.45) is 13.8. The van der Waals surface area contributed by atoms with Crippen LogP contribution in [0.5, 0.6) is 0 Å². The number of hydrogen-bond acceptors (Lipinski definition) is 4. The number of unbranched alkanes of at least 4 members (excludes halogenated alkanes) is 2. The summed E-state index contributed by atoms with van der Waals surface area (Å²) in [4.78, 5) is 8.18. The summed E-state index contributed by atoms with van der Waals surface area (Å²) in [5.74, 6) is -3.18. The lowest BCUT2D eigenvalue weighted by molar-refractivity contribution is 0.505. The van der Waals surface area contributed by atoms with Crippen LogP contribution in [0.3, 0.4) is 0 Å². The van der Waals surface area contributed by atoms with Gasteiger partial charge in [0.05, 0.1) is 0 Å². The highest BCUT2D eigenvalue weighted by Crippen LogP contribution is 2.30. The van der Waals surface area contributed by atoms with Crippen molar-refractivity contribution in [3.05, 3.63) is 137 Å². The molecule has 1 atom stereocenters. The lowest BCUT2D eigenvalue weighted by atomic mass is 9.88. The van der Waals surface area contributed by atoms with Crippen LogP contribution in [-0.2, 0) is 369 Å². The number of hydrogen-bond donors (Lipinski definition) is 0. The van der Waals surface area contributed by atoms with Crippen molar-refractivity contribution in [2.45, 2.75) is 51.9 Å². The molecule has 4 aromatic rings.